The average Bonchev–Trinajstić information content (AvgIpc) is 2.99. The van der Waals surface area contributed by atoms with E-state index in [1.165, 1.54) is 58.0 Å². The lowest BCUT2D eigenvalue weighted by molar-refractivity contribution is -0.159. The molecular formula is C57H95N15O17. The third-order valence-corrected chi connectivity index (χ3v) is 13.9. The van der Waals surface area contributed by atoms with Crippen LogP contribution in [0.25, 0.3) is 0 Å². The molecule has 32 nitrogen and oxygen atoms in total. The molecule has 1 saturated heterocycles. The lowest BCUT2D eigenvalue weighted by Gasteiger charge is -2.33. The van der Waals surface area contributed by atoms with Crippen molar-refractivity contribution in [1.29, 1.82) is 0 Å². The highest BCUT2D eigenvalue weighted by Gasteiger charge is 2.43. The Labute approximate surface area is 517 Å². The van der Waals surface area contributed by atoms with Crippen LogP contribution in [0.1, 0.15) is 120 Å². The molecule has 1 aliphatic rings. The van der Waals surface area contributed by atoms with Crippen molar-refractivity contribution in [2.24, 2.45) is 57.5 Å². The van der Waals surface area contributed by atoms with Gasteiger partial charge in [-0.25, -0.2) is 4.79 Å². The number of nitrogens with one attached hydrogen (secondary N) is 10. The fourth-order valence-corrected chi connectivity index (χ4v) is 9.08. The van der Waals surface area contributed by atoms with Crippen LogP contribution >= 0.6 is 0 Å². The van der Waals surface area contributed by atoms with Gasteiger partial charge in [-0.3, -0.25) is 57.7 Å². The summed E-state index contributed by atoms with van der Waals surface area (Å²) in [5.74, 6) is -17.3. The number of guanidine groups is 1. The molecule has 32 heteroatoms. The number of hydrogen-bond donors (Lipinski definition) is 18. The summed E-state index contributed by atoms with van der Waals surface area (Å²) in [5, 5.41) is 67.8. The molecule has 89 heavy (non-hydrogen) atoms. The number of carbonyl (C=O) groups excluding carboxylic acids is 12. The Balaban J connectivity index is 3.11. The Hall–Kier alpha value is -8.07. The molecule has 1 aliphatic heterocycles. The van der Waals surface area contributed by atoms with E-state index in [-0.39, 0.29) is 67.9 Å². The molecule has 0 spiro atoms. The molecule has 22 N–H and O–H groups in total. The first kappa shape index (κ1) is 77.0. The first-order valence-corrected chi connectivity index (χ1v) is 29.5. The van der Waals surface area contributed by atoms with Gasteiger partial charge in [-0.15, -0.1) is 0 Å². The lowest BCUT2D eigenvalue weighted by Crippen LogP contribution is -2.64. The van der Waals surface area contributed by atoms with Gasteiger partial charge in [0.1, 0.15) is 48.3 Å². The summed E-state index contributed by atoms with van der Waals surface area (Å²) >= 11 is 0. The number of ether oxygens (including phenoxy) is 1. The summed E-state index contributed by atoms with van der Waals surface area (Å²) in [4.78, 5) is 173. The minimum atomic E-state index is -2.57. The van der Waals surface area contributed by atoms with Crippen molar-refractivity contribution in [2.45, 2.75) is 193 Å². The van der Waals surface area contributed by atoms with E-state index >= 15 is 4.79 Å². The van der Waals surface area contributed by atoms with Gasteiger partial charge in [0.15, 0.2) is 24.2 Å². The molecule has 2 rings (SSSR count). The Morgan fingerprint density at radius 2 is 1.17 bits per heavy atom. The van der Waals surface area contributed by atoms with Crippen molar-refractivity contribution in [3.8, 4) is 0 Å². The molecular weight excluding hydrogens is 1170 g/mol. The fraction of sp³-hybridized carbons (Fsp3) is 0.667. The van der Waals surface area contributed by atoms with Gasteiger partial charge < -0.3 is 101 Å². The molecule has 0 radical (unpaired) electrons. The van der Waals surface area contributed by atoms with Crippen molar-refractivity contribution in [1.82, 2.24) is 53.2 Å². The summed E-state index contributed by atoms with van der Waals surface area (Å²) in [7, 11) is 0. The van der Waals surface area contributed by atoms with Crippen LogP contribution in [0, 0.1) is 29.6 Å². The third-order valence-electron chi connectivity index (χ3n) is 13.9. The molecule has 0 bridgehead atoms. The molecule has 14 atom stereocenters. The predicted molar refractivity (Wildman–Crippen MR) is 322 cm³/mol. The number of esters is 1. The van der Waals surface area contributed by atoms with E-state index in [0.717, 1.165) is 6.92 Å². The number of amides is 11. The standard InChI is InChI=1S/C57H95N15O17/c1-25(2)20-32(58)47(79)65-35(22-27(5)6)50(82)72-42-45(31-16-13-12-14-17-31)89-56(88)36(24-73)67-54(86)41(44(77)46(59)78)68-37(75)23-63-51(83)39(30(11)74)70-52(84)38(28(7)8)69-48(80)33(18-15-19-62-57(60)61)64-49(81)34(21-26(3)4)66-53(85)40(71-55(42)87)43(76)29(9)10/h12-14,16-17,25-30,32-36,38-45,73-74,76-77H,15,18-24,58H2,1-11H3,(H2,59,78)(H,63,83)(H,64,81)(H,65,79)(H,66,85)(H,67,86)(H,68,75)(H,69,80)(H,70,84)(H,71,87)(H,72,82)(H4,60,61,62). The molecule has 0 saturated carbocycles. The van der Waals surface area contributed by atoms with Crippen LogP contribution < -0.4 is 76.1 Å². The SMILES string of the molecule is CC(C)CC(N)C(=O)NC(CC(C)C)C(=O)NC1C(=O)NC(C(O)C(C)C)C(=O)NC(CC(C)C)C(=O)NC(CCCN=C(N)N)C(=O)NC(C(C)C)C(=O)NC(C(C)O)C(=O)NCC(=O)NC(C(O)C(N)=O)C(=O)NC(CO)C(=O)OC1c1ccccc1. The summed E-state index contributed by atoms with van der Waals surface area (Å²) in [6, 6.07) is -10.7. The molecule has 0 aliphatic carbocycles. The number of carbonyl (C=O) groups is 12. The Kier molecular flexibility index (Phi) is 32.1. The second-order valence-electron chi connectivity index (χ2n) is 23.9. The van der Waals surface area contributed by atoms with Crippen molar-refractivity contribution in [2.75, 3.05) is 19.7 Å². The lowest BCUT2D eigenvalue weighted by atomic mass is 9.95. The van der Waals surface area contributed by atoms with Crippen LogP contribution in [-0.4, -0.2) is 196 Å². The zero-order valence-electron chi connectivity index (χ0n) is 52.4. The van der Waals surface area contributed by atoms with Crippen molar-refractivity contribution < 1.29 is 82.7 Å². The zero-order chi connectivity index (χ0) is 67.7. The molecule has 0 aromatic heterocycles. The number of nitrogens with zero attached hydrogens (tertiary/aromatic N) is 1. The van der Waals surface area contributed by atoms with E-state index in [0.29, 0.717) is 0 Å². The maximum absolute atomic E-state index is 15.3. The molecule has 11 amide bonds. The third kappa shape index (κ3) is 25.5. The van der Waals surface area contributed by atoms with Crippen LogP contribution in [0.15, 0.2) is 35.3 Å². The van der Waals surface area contributed by atoms with E-state index in [1.807, 2.05) is 24.5 Å². The van der Waals surface area contributed by atoms with Gasteiger partial charge in [0.2, 0.25) is 65.0 Å². The molecule has 1 heterocycles. The van der Waals surface area contributed by atoms with Crippen LogP contribution in [0.2, 0.25) is 0 Å². The molecule has 1 aromatic carbocycles. The maximum atomic E-state index is 15.3. The Morgan fingerprint density at radius 3 is 1.70 bits per heavy atom. The second kappa shape index (κ2) is 37.1. The number of primary amides is 1. The van der Waals surface area contributed by atoms with Crippen LogP contribution in [0.5, 0.6) is 0 Å². The van der Waals surface area contributed by atoms with Gasteiger partial charge in [0, 0.05) is 6.54 Å². The molecule has 500 valence electrons. The fourth-order valence-electron chi connectivity index (χ4n) is 9.08. The van der Waals surface area contributed by atoms with Crippen molar-refractivity contribution in [3.05, 3.63) is 35.9 Å². The minimum absolute atomic E-state index is 0.0450. The minimum Gasteiger partial charge on any atom is -0.453 e. The Morgan fingerprint density at radius 1 is 0.629 bits per heavy atom. The topological polar surface area (TPSA) is 532 Å². The van der Waals surface area contributed by atoms with Crippen LogP contribution in [0.3, 0.4) is 0 Å². The van der Waals surface area contributed by atoms with E-state index in [2.05, 4.69) is 47.5 Å². The number of aliphatic hydroxyl groups is 4. The second-order valence-corrected chi connectivity index (χ2v) is 23.9. The van der Waals surface area contributed by atoms with Crippen LogP contribution in [-0.2, 0) is 62.3 Å². The average molecular weight is 1260 g/mol. The van der Waals surface area contributed by atoms with Gasteiger partial charge in [-0.05, 0) is 74.2 Å². The van der Waals surface area contributed by atoms with Gasteiger partial charge >= 0.3 is 5.97 Å². The first-order chi connectivity index (χ1) is 41.5. The van der Waals surface area contributed by atoms with E-state index in [4.69, 9.17) is 27.7 Å². The predicted octanol–water partition coefficient (Wildman–Crippen LogP) is -5.82. The van der Waals surface area contributed by atoms with E-state index < -0.39 is 181 Å². The molecule has 1 aromatic rings. The highest BCUT2D eigenvalue weighted by Crippen LogP contribution is 2.25. The number of aliphatic imine (C=N–C) groups is 1. The highest BCUT2D eigenvalue weighted by molar-refractivity contribution is 6.00. The highest BCUT2D eigenvalue weighted by atomic mass is 16.5. The normalized spacial score (nSPS) is 24.6. The zero-order valence-corrected chi connectivity index (χ0v) is 52.4. The van der Waals surface area contributed by atoms with Crippen LogP contribution in [0.4, 0.5) is 0 Å². The van der Waals surface area contributed by atoms with E-state index in [1.54, 1.807) is 27.7 Å². The number of hydrogen-bond acceptors (Lipinski definition) is 19. The molecule has 1 fully saturated rings. The number of nitrogens with two attached hydrogens (primary N) is 4. The number of aliphatic hydroxyl groups excluding tert-OH is 4. The van der Waals surface area contributed by atoms with Gasteiger partial charge in [-0.1, -0.05) is 99.6 Å². The molecule has 14 unspecified atom stereocenters. The van der Waals surface area contributed by atoms with E-state index in [9.17, 15) is 73.2 Å². The number of cyclic esters (lactones) is 1. The van der Waals surface area contributed by atoms with Gasteiger partial charge in [0.05, 0.1) is 31.4 Å². The summed E-state index contributed by atoms with van der Waals surface area (Å²) < 4.78 is 5.91. The smallest absolute Gasteiger partial charge is 0.331 e. The van der Waals surface area contributed by atoms with Gasteiger partial charge in [-0.2, -0.15) is 0 Å². The maximum Gasteiger partial charge on any atom is 0.331 e. The van der Waals surface area contributed by atoms with Gasteiger partial charge in [0.25, 0.3) is 0 Å². The first-order valence-electron chi connectivity index (χ1n) is 29.5. The monoisotopic (exact) mass is 1260 g/mol. The quantitative estimate of drug-likeness (QED) is 0.0223. The summed E-state index contributed by atoms with van der Waals surface area (Å²) in [5.41, 5.74) is 22.5. The van der Waals surface area contributed by atoms with Crippen molar-refractivity contribution in [3.63, 3.8) is 0 Å². The summed E-state index contributed by atoms with van der Waals surface area (Å²) in [6.45, 7) is 15.1. The number of benzene rings is 1. The number of rotatable bonds is 22. The van der Waals surface area contributed by atoms with Crippen molar-refractivity contribution >= 4 is 76.9 Å². The Bertz CT molecular complexity index is 2620. The summed E-state index contributed by atoms with van der Waals surface area (Å²) in [6.07, 6.45) is -8.27. The largest absolute Gasteiger partial charge is 0.453 e.